The molecule has 2 nitrogen and oxygen atoms in total. The van der Waals surface area contributed by atoms with E-state index in [0.717, 1.165) is 23.7 Å². The molecule has 0 radical (unpaired) electrons. The summed E-state index contributed by atoms with van der Waals surface area (Å²) in [6.45, 7) is 0. The zero-order valence-corrected chi connectivity index (χ0v) is 12.1. The summed E-state index contributed by atoms with van der Waals surface area (Å²) in [4.78, 5) is 8.57. The second-order valence-corrected chi connectivity index (χ2v) is 6.74. The van der Waals surface area contributed by atoms with E-state index >= 15 is 0 Å². The van der Waals surface area contributed by atoms with E-state index in [1.807, 2.05) is 24.3 Å². The van der Waals surface area contributed by atoms with Crippen molar-refractivity contribution >= 4 is 45.7 Å². The third-order valence-electron chi connectivity index (χ3n) is 2.83. The van der Waals surface area contributed by atoms with Gasteiger partial charge in [-0.25, -0.2) is 9.97 Å². The monoisotopic (exact) mass is 310 g/mol. The standard InChI is InChI=1S/C14H9Cl3N2/c15-14(16,17)13-18-11-4-2-1-3-10(11)12(19-13)8-7-9-5-6-9/h1-4,9H,5-6H2. The van der Waals surface area contributed by atoms with Crippen molar-refractivity contribution in [1.82, 2.24) is 9.97 Å². The average molecular weight is 312 g/mol. The van der Waals surface area contributed by atoms with Crippen molar-refractivity contribution in [3.8, 4) is 11.8 Å². The Morgan fingerprint density at radius 1 is 1.11 bits per heavy atom. The molecule has 1 saturated carbocycles. The molecule has 0 aliphatic heterocycles. The van der Waals surface area contributed by atoms with Gasteiger partial charge in [-0.05, 0) is 30.9 Å². The second-order valence-electron chi connectivity index (χ2n) is 4.45. The van der Waals surface area contributed by atoms with Gasteiger partial charge < -0.3 is 0 Å². The molecule has 1 heterocycles. The van der Waals surface area contributed by atoms with Crippen LogP contribution in [0.3, 0.4) is 0 Å². The van der Waals surface area contributed by atoms with Crippen LogP contribution in [0.2, 0.25) is 0 Å². The number of nitrogens with zero attached hydrogens (tertiary/aromatic N) is 2. The minimum absolute atomic E-state index is 0.163. The molecule has 0 bridgehead atoms. The summed E-state index contributed by atoms with van der Waals surface area (Å²) in [6, 6.07) is 7.59. The Morgan fingerprint density at radius 3 is 2.53 bits per heavy atom. The number of halogens is 3. The van der Waals surface area contributed by atoms with Crippen LogP contribution in [0.5, 0.6) is 0 Å². The van der Waals surface area contributed by atoms with E-state index in [0.29, 0.717) is 11.6 Å². The highest BCUT2D eigenvalue weighted by atomic mass is 35.6. The van der Waals surface area contributed by atoms with Crippen LogP contribution in [-0.2, 0) is 3.79 Å². The van der Waals surface area contributed by atoms with Crippen molar-refractivity contribution in [2.24, 2.45) is 5.92 Å². The Hall–Kier alpha value is -1.01. The summed E-state index contributed by atoms with van der Waals surface area (Å²) in [5.74, 6) is 6.91. The van der Waals surface area contributed by atoms with E-state index in [1.54, 1.807) is 0 Å². The van der Waals surface area contributed by atoms with Crippen LogP contribution in [0.1, 0.15) is 24.4 Å². The van der Waals surface area contributed by atoms with Gasteiger partial charge in [0.15, 0.2) is 5.82 Å². The van der Waals surface area contributed by atoms with Gasteiger partial charge >= 0.3 is 0 Å². The SMILES string of the molecule is ClC(Cl)(Cl)c1nc(C#CC2CC2)c2ccccc2n1. The number of para-hydroxylation sites is 1. The highest BCUT2D eigenvalue weighted by Gasteiger charge is 2.27. The molecule has 0 unspecified atom stereocenters. The second kappa shape index (κ2) is 4.83. The fourth-order valence-corrected chi connectivity index (χ4v) is 1.95. The molecule has 0 saturated heterocycles. The normalized spacial score (nSPS) is 15.1. The van der Waals surface area contributed by atoms with Gasteiger partial charge in [0.2, 0.25) is 3.79 Å². The number of hydrogen-bond donors (Lipinski definition) is 0. The van der Waals surface area contributed by atoms with Gasteiger partial charge in [0, 0.05) is 11.3 Å². The van der Waals surface area contributed by atoms with E-state index < -0.39 is 3.79 Å². The first-order chi connectivity index (χ1) is 9.04. The van der Waals surface area contributed by atoms with Crippen LogP contribution in [0, 0.1) is 17.8 Å². The summed E-state index contributed by atoms with van der Waals surface area (Å²) < 4.78 is -1.64. The number of hydrogen-bond acceptors (Lipinski definition) is 2. The lowest BCUT2D eigenvalue weighted by molar-refractivity contribution is 0.987. The molecule has 1 fully saturated rings. The molecule has 3 rings (SSSR count). The van der Waals surface area contributed by atoms with Gasteiger partial charge in [0.1, 0.15) is 5.69 Å². The van der Waals surface area contributed by atoms with Crippen LogP contribution in [0.4, 0.5) is 0 Å². The molecular formula is C14H9Cl3N2. The van der Waals surface area contributed by atoms with Crippen molar-refractivity contribution in [2.75, 3.05) is 0 Å². The number of rotatable bonds is 0. The number of alkyl halides is 3. The lowest BCUT2D eigenvalue weighted by atomic mass is 10.2. The van der Waals surface area contributed by atoms with E-state index in [9.17, 15) is 0 Å². The summed E-state index contributed by atoms with van der Waals surface area (Å²) in [5, 5.41) is 0.883. The van der Waals surface area contributed by atoms with Crippen LogP contribution < -0.4 is 0 Å². The van der Waals surface area contributed by atoms with E-state index in [-0.39, 0.29) is 5.82 Å². The Kier molecular flexibility index (Phi) is 3.30. The zero-order chi connectivity index (χ0) is 13.5. The minimum atomic E-state index is -1.64. The van der Waals surface area contributed by atoms with Crippen LogP contribution >= 0.6 is 34.8 Å². The third kappa shape index (κ3) is 2.95. The van der Waals surface area contributed by atoms with E-state index in [1.165, 1.54) is 0 Å². The topological polar surface area (TPSA) is 25.8 Å². The van der Waals surface area contributed by atoms with Crippen LogP contribution in [-0.4, -0.2) is 9.97 Å². The summed E-state index contributed by atoms with van der Waals surface area (Å²) in [7, 11) is 0. The predicted octanol–water partition coefficient (Wildman–Crippen LogP) is 4.22. The highest BCUT2D eigenvalue weighted by molar-refractivity contribution is 6.66. The highest BCUT2D eigenvalue weighted by Crippen LogP contribution is 2.36. The molecule has 1 aliphatic carbocycles. The summed E-state index contributed by atoms with van der Waals surface area (Å²) in [5.41, 5.74) is 1.36. The van der Waals surface area contributed by atoms with Crippen LogP contribution in [0.15, 0.2) is 24.3 Å². The van der Waals surface area contributed by atoms with Crippen molar-refractivity contribution in [1.29, 1.82) is 0 Å². The first kappa shape index (κ1) is 13.0. The van der Waals surface area contributed by atoms with Gasteiger partial charge in [0.25, 0.3) is 0 Å². The van der Waals surface area contributed by atoms with Gasteiger partial charge in [-0.15, -0.1) is 0 Å². The molecule has 1 aromatic carbocycles. The van der Waals surface area contributed by atoms with Crippen molar-refractivity contribution in [3.63, 3.8) is 0 Å². The van der Waals surface area contributed by atoms with Crippen LogP contribution in [0.25, 0.3) is 10.9 Å². The number of aromatic nitrogens is 2. The third-order valence-corrected chi connectivity index (χ3v) is 3.34. The maximum absolute atomic E-state index is 5.86. The van der Waals surface area contributed by atoms with Crippen molar-refractivity contribution in [3.05, 3.63) is 35.8 Å². The van der Waals surface area contributed by atoms with Gasteiger partial charge in [-0.2, -0.15) is 0 Å². The lowest BCUT2D eigenvalue weighted by Gasteiger charge is -2.10. The molecule has 2 aromatic rings. The first-order valence-corrected chi connectivity index (χ1v) is 7.03. The Labute approximate surface area is 126 Å². The zero-order valence-electron chi connectivity index (χ0n) is 9.83. The Balaban J connectivity index is 2.19. The fourth-order valence-electron chi connectivity index (χ4n) is 1.70. The minimum Gasteiger partial charge on any atom is -0.228 e. The number of benzene rings is 1. The first-order valence-electron chi connectivity index (χ1n) is 5.89. The van der Waals surface area contributed by atoms with Crippen molar-refractivity contribution < 1.29 is 0 Å². The molecule has 19 heavy (non-hydrogen) atoms. The summed E-state index contributed by atoms with van der Waals surface area (Å²) in [6.07, 6.45) is 2.32. The molecule has 1 aromatic heterocycles. The molecule has 0 spiro atoms. The fraction of sp³-hybridized carbons (Fsp3) is 0.286. The smallest absolute Gasteiger partial charge is 0.228 e. The van der Waals surface area contributed by atoms with E-state index in [2.05, 4.69) is 21.8 Å². The van der Waals surface area contributed by atoms with Gasteiger partial charge in [0.05, 0.1) is 5.52 Å². The molecule has 0 atom stereocenters. The molecule has 96 valence electrons. The maximum Gasteiger partial charge on any atom is 0.250 e. The molecule has 1 aliphatic rings. The molecule has 0 N–H and O–H groups in total. The summed E-state index contributed by atoms with van der Waals surface area (Å²) >= 11 is 17.6. The number of fused-ring (bicyclic) bond motifs is 1. The Bertz CT molecular complexity index is 691. The Morgan fingerprint density at radius 2 is 1.84 bits per heavy atom. The molecule has 5 heteroatoms. The van der Waals surface area contributed by atoms with Crippen molar-refractivity contribution in [2.45, 2.75) is 16.6 Å². The quantitative estimate of drug-likeness (QED) is 0.538. The predicted molar refractivity (Wildman–Crippen MR) is 78.4 cm³/mol. The molecular weight excluding hydrogens is 303 g/mol. The van der Waals surface area contributed by atoms with Gasteiger partial charge in [-0.1, -0.05) is 52.9 Å². The van der Waals surface area contributed by atoms with E-state index in [4.69, 9.17) is 34.8 Å². The average Bonchev–Trinajstić information content (AvgIpc) is 3.18. The molecule has 0 amide bonds. The lowest BCUT2D eigenvalue weighted by Crippen LogP contribution is -2.08. The maximum atomic E-state index is 5.86. The van der Waals surface area contributed by atoms with Gasteiger partial charge in [-0.3, -0.25) is 0 Å². The largest absolute Gasteiger partial charge is 0.250 e.